The highest BCUT2D eigenvalue weighted by atomic mass is 32.2. The van der Waals surface area contributed by atoms with Crippen LogP contribution in [0, 0.1) is 0 Å². The highest BCUT2D eigenvalue weighted by molar-refractivity contribution is 8.26. The molecule has 1 aromatic heterocycles. The van der Waals surface area contributed by atoms with Crippen molar-refractivity contribution in [1.29, 1.82) is 0 Å². The largest absolute Gasteiger partial charge is 0.325 e. The first kappa shape index (κ1) is 15.9. The molecule has 1 aliphatic heterocycles. The Kier molecular flexibility index (Phi) is 4.90. The van der Waals surface area contributed by atoms with Gasteiger partial charge in [0.1, 0.15) is 10.9 Å². The summed E-state index contributed by atoms with van der Waals surface area (Å²) in [5, 5.41) is 4.70. The van der Waals surface area contributed by atoms with Crippen LogP contribution in [0.3, 0.4) is 0 Å². The van der Waals surface area contributed by atoms with Crippen LogP contribution >= 0.6 is 35.3 Å². The lowest BCUT2D eigenvalue weighted by atomic mass is 10.3. The van der Waals surface area contributed by atoms with Crippen molar-refractivity contribution in [2.75, 3.05) is 11.9 Å². The third-order valence-electron chi connectivity index (χ3n) is 3.05. The molecule has 0 saturated carbocycles. The molecule has 2 amide bonds. The van der Waals surface area contributed by atoms with Gasteiger partial charge in [-0.25, -0.2) is 0 Å². The van der Waals surface area contributed by atoms with Crippen LogP contribution in [0.25, 0.3) is 6.08 Å². The number of thioether (sulfide) groups is 1. The fourth-order valence-electron chi connectivity index (χ4n) is 2.00. The number of hydrogen-bond acceptors (Lipinski definition) is 5. The molecule has 4 nitrogen and oxygen atoms in total. The smallest absolute Gasteiger partial charge is 0.266 e. The quantitative estimate of drug-likeness (QED) is 0.669. The minimum Gasteiger partial charge on any atom is -0.325 e. The standard InChI is InChI=1S/C16H12N2O2S3/c19-14(17-11-5-2-1-3-6-11)10-18-15(20)13(23-16(18)21)9-12-7-4-8-22-12/h1-9H,10H2,(H,17,19)/b13-9-. The van der Waals surface area contributed by atoms with Gasteiger partial charge in [-0.3, -0.25) is 14.5 Å². The van der Waals surface area contributed by atoms with Gasteiger partial charge in [-0.15, -0.1) is 11.3 Å². The average molecular weight is 360 g/mol. The Morgan fingerprint density at radius 2 is 2.00 bits per heavy atom. The number of rotatable bonds is 4. The summed E-state index contributed by atoms with van der Waals surface area (Å²) >= 11 is 7.99. The van der Waals surface area contributed by atoms with Crippen LogP contribution in [0.4, 0.5) is 5.69 Å². The number of nitrogens with one attached hydrogen (secondary N) is 1. The van der Waals surface area contributed by atoms with Gasteiger partial charge in [0, 0.05) is 10.6 Å². The summed E-state index contributed by atoms with van der Waals surface area (Å²) in [7, 11) is 0. The number of carbonyl (C=O) groups is 2. The molecule has 0 radical (unpaired) electrons. The van der Waals surface area contributed by atoms with Gasteiger partial charge in [0.2, 0.25) is 5.91 Å². The topological polar surface area (TPSA) is 49.4 Å². The maximum absolute atomic E-state index is 12.4. The van der Waals surface area contributed by atoms with Crippen molar-refractivity contribution in [1.82, 2.24) is 4.90 Å². The Morgan fingerprint density at radius 3 is 2.70 bits per heavy atom. The van der Waals surface area contributed by atoms with Crippen molar-refractivity contribution in [2.24, 2.45) is 0 Å². The Bertz CT molecular complexity index is 770. The molecule has 0 spiro atoms. The normalized spacial score (nSPS) is 16.2. The van der Waals surface area contributed by atoms with Gasteiger partial charge < -0.3 is 5.32 Å². The fourth-order valence-corrected chi connectivity index (χ4v) is 3.98. The summed E-state index contributed by atoms with van der Waals surface area (Å²) in [6, 6.07) is 13.0. The first-order valence-electron chi connectivity index (χ1n) is 6.77. The third-order valence-corrected chi connectivity index (χ3v) is 5.25. The maximum atomic E-state index is 12.4. The molecule has 0 bridgehead atoms. The van der Waals surface area contributed by atoms with E-state index in [2.05, 4.69) is 5.32 Å². The zero-order valence-electron chi connectivity index (χ0n) is 11.9. The Morgan fingerprint density at radius 1 is 1.22 bits per heavy atom. The zero-order valence-corrected chi connectivity index (χ0v) is 14.3. The van der Waals surface area contributed by atoms with Gasteiger partial charge in [0.25, 0.3) is 5.91 Å². The number of anilines is 1. The lowest BCUT2D eigenvalue weighted by Gasteiger charge is -2.14. The van der Waals surface area contributed by atoms with E-state index in [0.29, 0.717) is 14.9 Å². The van der Waals surface area contributed by atoms with E-state index < -0.39 is 0 Å². The number of thiophene rings is 1. The lowest BCUT2D eigenvalue weighted by Crippen LogP contribution is -2.36. The molecule has 2 heterocycles. The van der Waals surface area contributed by atoms with Gasteiger partial charge >= 0.3 is 0 Å². The number of hydrogen-bond donors (Lipinski definition) is 1. The second-order valence-electron chi connectivity index (χ2n) is 4.70. The predicted octanol–water partition coefficient (Wildman–Crippen LogP) is 3.59. The third kappa shape index (κ3) is 3.87. The SMILES string of the molecule is O=C(CN1C(=O)/C(=C/c2cccs2)SC1=S)Nc1ccccc1. The first-order valence-corrected chi connectivity index (χ1v) is 8.88. The fraction of sp³-hybridized carbons (Fsp3) is 0.0625. The van der Waals surface area contributed by atoms with E-state index in [1.807, 2.05) is 35.7 Å². The highest BCUT2D eigenvalue weighted by Gasteiger charge is 2.33. The monoisotopic (exact) mass is 360 g/mol. The van der Waals surface area contributed by atoms with E-state index in [0.717, 1.165) is 4.88 Å². The zero-order chi connectivity index (χ0) is 16.2. The van der Waals surface area contributed by atoms with Crippen LogP contribution in [0.2, 0.25) is 0 Å². The van der Waals surface area contributed by atoms with Crippen LogP contribution in [-0.4, -0.2) is 27.6 Å². The van der Waals surface area contributed by atoms with Crippen LogP contribution in [0.15, 0.2) is 52.7 Å². The molecule has 23 heavy (non-hydrogen) atoms. The van der Waals surface area contributed by atoms with E-state index >= 15 is 0 Å². The highest BCUT2D eigenvalue weighted by Crippen LogP contribution is 2.33. The van der Waals surface area contributed by atoms with E-state index in [4.69, 9.17) is 12.2 Å². The molecular formula is C16H12N2O2S3. The number of benzene rings is 1. The molecular weight excluding hydrogens is 348 g/mol. The Balaban J connectivity index is 1.67. The Hall–Kier alpha value is -1.96. The number of para-hydroxylation sites is 1. The van der Waals surface area contributed by atoms with Crippen molar-refractivity contribution in [3.05, 3.63) is 57.6 Å². The van der Waals surface area contributed by atoms with Gasteiger partial charge in [0.05, 0.1) is 4.91 Å². The molecule has 7 heteroatoms. The first-order chi connectivity index (χ1) is 11.1. The lowest BCUT2D eigenvalue weighted by molar-refractivity contribution is -0.126. The summed E-state index contributed by atoms with van der Waals surface area (Å²) in [5.41, 5.74) is 0.692. The van der Waals surface area contributed by atoms with Crippen molar-refractivity contribution in [2.45, 2.75) is 0 Å². The molecule has 0 unspecified atom stereocenters. The van der Waals surface area contributed by atoms with E-state index in [-0.39, 0.29) is 18.4 Å². The molecule has 0 atom stereocenters. The summed E-state index contributed by atoms with van der Waals surface area (Å²) in [6.45, 7) is -0.0820. The average Bonchev–Trinajstić information content (AvgIpc) is 3.13. The molecule has 1 N–H and O–H groups in total. The summed E-state index contributed by atoms with van der Waals surface area (Å²) in [4.78, 5) is 27.4. The number of nitrogens with zero attached hydrogens (tertiary/aromatic N) is 1. The van der Waals surface area contributed by atoms with Crippen molar-refractivity contribution < 1.29 is 9.59 Å². The minimum atomic E-state index is -0.273. The summed E-state index contributed by atoms with van der Waals surface area (Å²) < 4.78 is 0.404. The van der Waals surface area contributed by atoms with Crippen molar-refractivity contribution in [3.63, 3.8) is 0 Å². The van der Waals surface area contributed by atoms with Gasteiger partial charge in [0.15, 0.2) is 0 Å². The van der Waals surface area contributed by atoms with E-state index in [9.17, 15) is 9.59 Å². The van der Waals surface area contributed by atoms with E-state index in [1.165, 1.54) is 16.7 Å². The van der Waals surface area contributed by atoms with Crippen LogP contribution in [0.5, 0.6) is 0 Å². The van der Waals surface area contributed by atoms with Gasteiger partial charge in [-0.05, 0) is 29.7 Å². The van der Waals surface area contributed by atoms with Crippen LogP contribution in [-0.2, 0) is 9.59 Å². The van der Waals surface area contributed by atoms with E-state index in [1.54, 1.807) is 29.5 Å². The van der Waals surface area contributed by atoms with Crippen molar-refractivity contribution in [3.8, 4) is 0 Å². The maximum Gasteiger partial charge on any atom is 0.266 e. The minimum absolute atomic E-state index is 0.0820. The van der Waals surface area contributed by atoms with Crippen LogP contribution in [0.1, 0.15) is 4.88 Å². The predicted molar refractivity (Wildman–Crippen MR) is 99.3 cm³/mol. The summed E-state index contributed by atoms with van der Waals surface area (Å²) in [5.74, 6) is -0.499. The summed E-state index contributed by atoms with van der Waals surface area (Å²) in [6.07, 6.45) is 1.80. The molecule has 3 rings (SSSR count). The molecule has 2 aromatic rings. The van der Waals surface area contributed by atoms with Gasteiger partial charge in [-0.2, -0.15) is 0 Å². The molecule has 1 saturated heterocycles. The number of carbonyl (C=O) groups excluding carboxylic acids is 2. The second-order valence-corrected chi connectivity index (χ2v) is 7.35. The van der Waals surface area contributed by atoms with Crippen molar-refractivity contribution >= 4 is 63.2 Å². The number of thiocarbonyl (C=S) groups is 1. The van der Waals surface area contributed by atoms with Crippen LogP contribution < -0.4 is 5.32 Å². The molecule has 116 valence electrons. The second kappa shape index (κ2) is 7.08. The number of amides is 2. The Labute approximate surface area is 147 Å². The molecule has 1 fully saturated rings. The molecule has 1 aliphatic rings. The molecule has 0 aliphatic carbocycles. The van der Waals surface area contributed by atoms with Gasteiger partial charge in [-0.1, -0.05) is 48.2 Å². The molecule has 1 aromatic carbocycles.